The summed E-state index contributed by atoms with van der Waals surface area (Å²) in [5, 5.41) is 3.05. The molecule has 0 radical (unpaired) electrons. The fraction of sp³-hybridized carbons (Fsp3) is 0.533. The second-order valence-electron chi connectivity index (χ2n) is 5.59. The van der Waals surface area contributed by atoms with Gasteiger partial charge >= 0.3 is 0 Å². The van der Waals surface area contributed by atoms with Gasteiger partial charge in [0.05, 0.1) is 0 Å². The molecular weight excluding hydrogens is 245 g/mol. The molecule has 1 aromatic rings. The van der Waals surface area contributed by atoms with Gasteiger partial charge < -0.3 is 10.1 Å². The van der Waals surface area contributed by atoms with E-state index in [9.17, 15) is 9.18 Å². The van der Waals surface area contributed by atoms with Crippen LogP contribution in [0.1, 0.15) is 25.7 Å². The number of hydrogen-bond acceptors (Lipinski definition) is 2. The van der Waals surface area contributed by atoms with Crippen molar-refractivity contribution >= 4 is 5.91 Å². The molecule has 2 bridgehead atoms. The molecule has 0 unspecified atom stereocenters. The van der Waals surface area contributed by atoms with Crippen LogP contribution in [0.3, 0.4) is 0 Å². The third-order valence-corrected chi connectivity index (χ3v) is 4.27. The number of rotatable bonds is 4. The molecule has 3 rings (SSSR count). The first-order chi connectivity index (χ1) is 9.20. The number of nitrogens with one attached hydrogen (secondary N) is 1. The lowest BCUT2D eigenvalue weighted by Crippen LogP contribution is -2.40. The highest BCUT2D eigenvalue weighted by Gasteiger charge is 2.40. The van der Waals surface area contributed by atoms with Crippen LogP contribution in [0, 0.1) is 17.7 Å². The molecule has 0 spiro atoms. The molecule has 1 amide bonds. The molecule has 4 heteroatoms. The quantitative estimate of drug-likeness (QED) is 0.906. The number of fused-ring (bicyclic) bond motifs is 2. The molecule has 0 heterocycles. The third-order valence-electron chi connectivity index (χ3n) is 4.27. The van der Waals surface area contributed by atoms with Gasteiger partial charge in [-0.1, -0.05) is 6.42 Å². The molecular formula is C15H18FNO2. The molecule has 2 aliphatic rings. The van der Waals surface area contributed by atoms with Gasteiger partial charge in [-0.05, 0) is 55.4 Å². The summed E-state index contributed by atoms with van der Waals surface area (Å²) in [6.45, 7) is -0.000477. The molecule has 19 heavy (non-hydrogen) atoms. The topological polar surface area (TPSA) is 38.3 Å². The van der Waals surface area contributed by atoms with E-state index in [0.29, 0.717) is 17.7 Å². The predicted octanol–water partition coefficient (Wildman–Crippen LogP) is 2.51. The predicted molar refractivity (Wildman–Crippen MR) is 69.3 cm³/mol. The summed E-state index contributed by atoms with van der Waals surface area (Å²) in [5.41, 5.74) is 0. The van der Waals surface area contributed by atoms with Crippen molar-refractivity contribution in [2.24, 2.45) is 11.8 Å². The maximum absolute atomic E-state index is 12.7. The van der Waals surface area contributed by atoms with Crippen molar-refractivity contribution in [2.45, 2.75) is 31.7 Å². The summed E-state index contributed by atoms with van der Waals surface area (Å²) >= 11 is 0. The van der Waals surface area contributed by atoms with E-state index in [2.05, 4.69) is 5.32 Å². The van der Waals surface area contributed by atoms with Crippen LogP contribution in [0.15, 0.2) is 24.3 Å². The monoisotopic (exact) mass is 263 g/mol. The van der Waals surface area contributed by atoms with E-state index in [-0.39, 0.29) is 18.3 Å². The van der Waals surface area contributed by atoms with Gasteiger partial charge in [0, 0.05) is 6.04 Å². The fourth-order valence-electron chi connectivity index (χ4n) is 3.35. The zero-order valence-electron chi connectivity index (χ0n) is 10.8. The average Bonchev–Trinajstić information content (AvgIpc) is 3.00. The summed E-state index contributed by atoms with van der Waals surface area (Å²) < 4.78 is 18.0. The number of ether oxygens (including phenoxy) is 1. The van der Waals surface area contributed by atoms with Crippen LogP contribution >= 0.6 is 0 Å². The number of hydrogen-bond donors (Lipinski definition) is 1. The van der Waals surface area contributed by atoms with Crippen molar-refractivity contribution in [1.82, 2.24) is 5.32 Å². The molecule has 1 N–H and O–H groups in total. The lowest BCUT2D eigenvalue weighted by atomic mass is 9.95. The van der Waals surface area contributed by atoms with Gasteiger partial charge in [-0.3, -0.25) is 4.79 Å². The molecule has 2 aliphatic carbocycles. The standard InChI is InChI=1S/C15H18FNO2/c16-12-3-5-13(6-4-12)19-9-15(18)17-14-8-10-1-2-11(14)7-10/h3-6,10-11,14H,1-2,7-9H2,(H,17,18)/t10-,11+,14+/m0/s1. The second kappa shape index (κ2) is 5.19. The van der Waals surface area contributed by atoms with Gasteiger partial charge in [0.2, 0.25) is 0 Å². The van der Waals surface area contributed by atoms with Crippen molar-refractivity contribution in [3.05, 3.63) is 30.1 Å². The second-order valence-corrected chi connectivity index (χ2v) is 5.59. The molecule has 3 atom stereocenters. The Labute approximate surface area is 112 Å². The van der Waals surface area contributed by atoms with Crippen molar-refractivity contribution in [1.29, 1.82) is 0 Å². The Balaban J connectivity index is 1.45. The SMILES string of the molecule is O=C(COc1ccc(F)cc1)N[C@@H]1C[C@H]2CC[C@@H]1C2. The third kappa shape index (κ3) is 2.88. The molecule has 3 nitrogen and oxygen atoms in total. The summed E-state index contributed by atoms with van der Waals surface area (Å²) in [7, 11) is 0. The van der Waals surface area contributed by atoms with Gasteiger partial charge in [0.25, 0.3) is 5.91 Å². The van der Waals surface area contributed by atoms with E-state index < -0.39 is 0 Å². The average molecular weight is 263 g/mol. The van der Waals surface area contributed by atoms with Crippen LogP contribution < -0.4 is 10.1 Å². The molecule has 102 valence electrons. The Hall–Kier alpha value is -1.58. The smallest absolute Gasteiger partial charge is 0.258 e. The maximum Gasteiger partial charge on any atom is 0.258 e. The summed E-state index contributed by atoms with van der Waals surface area (Å²) in [6, 6.07) is 6.04. The number of benzene rings is 1. The van der Waals surface area contributed by atoms with Gasteiger partial charge in [-0.2, -0.15) is 0 Å². The van der Waals surface area contributed by atoms with Crippen molar-refractivity contribution in [3.63, 3.8) is 0 Å². The van der Waals surface area contributed by atoms with Crippen molar-refractivity contribution < 1.29 is 13.9 Å². The Morgan fingerprint density at radius 3 is 2.68 bits per heavy atom. The lowest BCUT2D eigenvalue weighted by Gasteiger charge is -2.22. The van der Waals surface area contributed by atoms with Crippen LogP contribution in [-0.2, 0) is 4.79 Å². The van der Waals surface area contributed by atoms with Crippen LogP contribution in [0.25, 0.3) is 0 Å². The molecule has 2 saturated carbocycles. The van der Waals surface area contributed by atoms with E-state index in [1.165, 1.54) is 43.5 Å². The zero-order valence-corrected chi connectivity index (χ0v) is 10.8. The first-order valence-corrected chi connectivity index (χ1v) is 6.88. The minimum atomic E-state index is -0.307. The molecule has 1 aromatic carbocycles. The summed E-state index contributed by atoms with van der Waals surface area (Å²) in [6.07, 6.45) is 4.95. The van der Waals surface area contributed by atoms with Crippen LogP contribution in [0.5, 0.6) is 5.75 Å². The van der Waals surface area contributed by atoms with Crippen molar-refractivity contribution in [2.75, 3.05) is 6.61 Å². The minimum Gasteiger partial charge on any atom is -0.484 e. The van der Waals surface area contributed by atoms with Gasteiger partial charge in [-0.25, -0.2) is 4.39 Å². The number of amides is 1. The first kappa shape index (κ1) is 12.5. The first-order valence-electron chi connectivity index (χ1n) is 6.88. The van der Waals surface area contributed by atoms with Gasteiger partial charge in [0.1, 0.15) is 11.6 Å². The van der Waals surface area contributed by atoms with E-state index in [0.717, 1.165) is 12.3 Å². The number of halogens is 1. The number of carbonyl (C=O) groups excluding carboxylic acids is 1. The van der Waals surface area contributed by atoms with Crippen molar-refractivity contribution in [3.8, 4) is 5.75 Å². The molecule has 0 aromatic heterocycles. The molecule has 0 saturated heterocycles. The van der Waals surface area contributed by atoms with E-state index in [1.54, 1.807) is 0 Å². The normalized spacial score (nSPS) is 28.4. The number of carbonyl (C=O) groups is 1. The lowest BCUT2D eigenvalue weighted by molar-refractivity contribution is -0.124. The van der Waals surface area contributed by atoms with E-state index >= 15 is 0 Å². The highest BCUT2D eigenvalue weighted by Crippen LogP contribution is 2.44. The molecule has 0 aliphatic heterocycles. The minimum absolute atomic E-state index is 0.000477. The van der Waals surface area contributed by atoms with Gasteiger partial charge in [-0.15, -0.1) is 0 Å². The van der Waals surface area contributed by atoms with Crippen LogP contribution in [-0.4, -0.2) is 18.6 Å². The Bertz CT molecular complexity index is 460. The Morgan fingerprint density at radius 2 is 2.05 bits per heavy atom. The van der Waals surface area contributed by atoms with Gasteiger partial charge in [0.15, 0.2) is 6.61 Å². The maximum atomic E-state index is 12.7. The Morgan fingerprint density at radius 1 is 1.26 bits per heavy atom. The fourth-order valence-corrected chi connectivity index (χ4v) is 3.35. The van der Waals surface area contributed by atoms with Crippen LogP contribution in [0.4, 0.5) is 4.39 Å². The highest BCUT2D eigenvalue weighted by atomic mass is 19.1. The zero-order chi connectivity index (χ0) is 13.2. The largest absolute Gasteiger partial charge is 0.484 e. The summed E-state index contributed by atoms with van der Waals surface area (Å²) in [5.74, 6) is 1.61. The summed E-state index contributed by atoms with van der Waals surface area (Å²) in [4.78, 5) is 11.8. The van der Waals surface area contributed by atoms with E-state index in [1.807, 2.05) is 0 Å². The van der Waals surface area contributed by atoms with Crippen LogP contribution in [0.2, 0.25) is 0 Å². The van der Waals surface area contributed by atoms with E-state index in [4.69, 9.17) is 4.74 Å². The highest BCUT2D eigenvalue weighted by molar-refractivity contribution is 5.77. The Kier molecular flexibility index (Phi) is 3.40. The molecule has 2 fully saturated rings.